The molecule has 0 aromatic heterocycles. The molecule has 2 N–H and O–H groups in total. The Bertz CT molecular complexity index is 136. The maximum absolute atomic E-state index is 9.33. The van der Waals surface area contributed by atoms with Crippen LogP contribution in [-0.4, -0.2) is 30.8 Å². The van der Waals surface area contributed by atoms with Crippen LogP contribution in [0.2, 0.25) is 5.82 Å². The third kappa shape index (κ3) is 1.61. The van der Waals surface area contributed by atoms with Crippen LogP contribution in [0.4, 0.5) is 0 Å². The van der Waals surface area contributed by atoms with Gasteiger partial charge in [0.25, 0.3) is 0 Å². The Kier molecular flexibility index (Phi) is 2.52. The van der Waals surface area contributed by atoms with Crippen molar-refractivity contribution in [3.05, 3.63) is 12.2 Å². The van der Waals surface area contributed by atoms with Gasteiger partial charge in [-0.15, -0.1) is 0 Å². The van der Waals surface area contributed by atoms with Crippen LogP contribution in [0.1, 0.15) is 6.42 Å². The second-order valence-electron chi connectivity index (χ2n) is 3.01. The Hall–Kier alpha value is -0.275. The van der Waals surface area contributed by atoms with Crippen molar-refractivity contribution in [2.24, 2.45) is 5.92 Å². The van der Waals surface area contributed by atoms with Gasteiger partial charge in [0.1, 0.15) is 7.85 Å². The van der Waals surface area contributed by atoms with Gasteiger partial charge in [-0.3, -0.25) is 0 Å². The van der Waals surface area contributed by atoms with Gasteiger partial charge in [-0.05, 0) is 12.2 Å². The quantitative estimate of drug-likeness (QED) is 0.374. The highest BCUT2D eigenvalue weighted by molar-refractivity contribution is 6.13. The fourth-order valence-corrected chi connectivity index (χ4v) is 1.28. The first-order valence-corrected chi connectivity index (χ1v) is 3.71. The molecule has 3 heteroatoms. The van der Waals surface area contributed by atoms with E-state index in [-0.39, 0.29) is 18.6 Å². The van der Waals surface area contributed by atoms with Crippen LogP contribution >= 0.6 is 0 Å². The zero-order valence-corrected chi connectivity index (χ0v) is 6.20. The summed E-state index contributed by atoms with van der Waals surface area (Å²) in [5.74, 6) is 0.425. The van der Waals surface area contributed by atoms with Gasteiger partial charge in [-0.1, -0.05) is 12.2 Å². The minimum absolute atomic E-state index is 0.0313. The Balaban J connectivity index is 2.53. The normalized spacial score (nSPS) is 40.0. The predicted octanol–water partition coefficient (Wildman–Crippen LogP) is -0.663. The molecule has 0 radical (unpaired) electrons. The largest absolute Gasteiger partial charge is 0.396 e. The Morgan fingerprint density at radius 1 is 1.50 bits per heavy atom. The summed E-state index contributed by atoms with van der Waals surface area (Å²) < 4.78 is 0. The fraction of sp³-hybridized carbons (Fsp3) is 0.714. The van der Waals surface area contributed by atoms with Gasteiger partial charge in [0, 0.05) is 5.92 Å². The second-order valence-corrected chi connectivity index (χ2v) is 3.01. The average Bonchev–Trinajstić information content (AvgIpc) is 1.88. The van der Waals surface area contributed by atoms with Gasteiger partial charge in [-0.25, -0.2) is 0 Å². The van der Waals surface area contributed by atoms with E-state index in [4.69, 9.17) is 5.11 Å². The van der Waals surface area contributed by atoms with Crippen molar-refractivity contribution in [3.63, 3.8) is 0 Å². The fourth-order valence-electron chi connectivity index (χ4n) is 1.28. The monoisotopic (exact) mass is 140 g/mol. The standard InChI is InChI=1S/C7H13BO2/c8-6-2-1-5(4-9)7(10)3-6/h1-2,5-7,9-10H,3-4,8H2/t5-,6-,7+/m1/s1. The maximum atomic E-state index is 9.33. The zero-order chi connectivity index (χ0) is 7.56. The van der Waals surface area contributed by atoms with E-state index in [1.807, 2.05) is 12.2 Å². The Morgan fingerprint density at radius 3 is 2.70 bits per heavy atom. The molecule has 2 nitrogen and oxygen atoms in total. The highest BCUT2D eigenvalue weighted by Gasteiger charge is 2.21. The zero-order valence-electron chi connectivity index (χ0n) is 6.20. The van der Waals surface area contributed by atoms with Crippen LogP contribution in [0.5, 0.6) is 0 Å². The molecule has 10 heavy (non-hydrogen) atoms. The lowest BCUT2D eigenvalue weighted by atomic mass is 9.75. The van der Waals surface area contributed by atoms with Crippen molar-refractivity contribution in [2.75, 3.05) is 6.61 Å². The summed E-state index contributed by atoms with van der Waals surface area (Å²) in [5.41, 5.74) is 0. The first-order chi connectivity index (χ1) is 4.74. The third-order valence-electron chi connectivity index (χ3n) is 2.01. The molecule has 1 aliphatic carbocycles. The van der Waals surface area contributed by atoms with Crippen LogP contribution in [-0.2, 0) is 0 Å². The molecule has 0 spiro atoms. The summed E-state index contributed by atoms with van der Waals surface area (Å²) in [7, 11) is 2.06. The van der Waals surface area contributed by atoms with E-state index in [1.54, 1.807) is 0 Å². The Morgan fingerprint density at radius 2 is 2.20 bits per heavy atom. The number of hydrogen-bond donors (Lipinski definition) is 2. The SMILES string of the molecule is B[C@@H]1C=C[C@H](CO)[C@@H](O)C1. The first kappa shape index (κ1) is 7.83. The van der Waals surface area contributed by atoms with Crippen molar-refractivity contribution >= 4 is 7.85 Å². The van der Waals surface area contributed by atoms with Crippen molar-refractivity contribution in [1.82, 2.24) is 0 Å². The van der Waals surface area contributed by atoms with Crippen LogP contribution in [0.25, 0.3) is 0 Å². The van der Waals surface area contributed by atoms with E-state index >= 15 is 0 Å². The highest BCUT2D eigenvalue weighted by Crippen LogP contribution is 2.23. The summed E-state index contributed by atoms with van der Waals surface area (Å²) in [6.45, 7) is 0.0599. The number of aliphatic hydroxyl groups is 2. The van der Waals surface area contributed by atoms with Crippen LogP contribution in [0, 0.1) is 5.92 Å². The third-order valence-corrected chi connectivity index (χ3v) is 2.01. The second kappa shape index (κ2) is 3.22. The van der Waals surface area contributed by atoms with Gasteiger partial charge in [0.2, 0.25) is 0 Å². The molecule has 0 unspecified atom stereocenters. The summed E-state index contributed by atoms with van der Waals surface area (Å²) in [4.78, 5) is 0. The van der Waals surface area contributed by atoms with Crippen LogP contribution < -0.4 is 0 Å². The van der Waals surface area contributed by atoms with Gasteiger partial charge < -0.3 is 10.2 Å². The number of hydrogen-bond acceptors (Lipinski definition) is 2. The van der Waals surface area contributed by atoms with Crippen LogP contribution in [0.3, 0.4) is 0 Å². The van der Waals surface area contributed by atoms with Crippen molar-refractivity contribution in [1.29, 1.82) is 0 Å². The maximum Gasteiger partial charge on any atom is 0.110 e. The molecule has 0 aromatic rings. The molecule has 0 amide bonds. The average molecular weight is 140 g/mol. The van der Waals surface area contributed by atoms with Crippen molar-refractivity contribution in [2.45, 2.75) is 18.3 Å². The Labute approximate surface area is 62.0 Å². The minimum atomic E-state index is -0.343. The smallest absolute Gasteiger partial charge is 0.110 e. The van der Waals surface area contributed by atoms with E-state index < -0.39 is 0 Å². The molecule has 0 fully saturated rings. The number of rotatable bonds is 1. The summed E-state index contributed by atoms with van der Waals surface area (Å²) in [6, 6.07) is 0. The first-order valence-electron chi connectivity index (χ1n) is 3.71. The highest BCUT2D eigenvalue weighted by atomic mass is 16.3. The number of aliphatic hydroxyl groups excluding tert-OH is 2. The summed E-state index contributed by atoms with van der Waals surface area (Å²) in [5, 5.41) is 18.1. The molecule has 0 saturated carbocycles. The summed E-state index contributed by atoms with van der Waals surface area (Å²) >= 11 is 0. The molecule has 0 aromatic carbocycles. The molecule has 1 rings (SSSR count). The molecule has 0 saturated heterocycles. The van der Waals surface area contributed by atoms with Crippen molar-refractivity contribution in [3.8, 4) is 0 Å². The molecule has 3 atom stereocenters. The lowest BCUT2D eigenvalue weighted by Gasteiger charge is -2.24. The van der Waals surface area contributed by atoms with Gasteiger partial charge >= 0.3 is 0 Å². The van der Waals surface area contributed by atoms with Crippen molar-refractivity contribution < 1.29 is 10.2 Å². The lowest BCUT2D eigenvalue weighted by Crippen LogP contribution is -2.26. The molecular weight excluding hydrogens is 127 g/mol. The summed E-state index contributed by atoms with van der Waals surface area (Å²) in [6.07, 6.45) is 4.39. The molecule has 0 aliphatic heterocycles. The molecule has 0 heterocycles. The van der Waals surface area contributed by atoms with Gasteiger partial charge in [-0.2, -0.15) is 0 Å². The van der Waals surface area contributed by atoms with Gasteiger partial charge in [0.05, 0.1) is 12.7 Å². The van der Waals surface area contributed by atoms with E-state index in [2.05, 4.69) is 7.85 Å². The topological polar surface area (TPSA) is 40.5 Å². The van der Waals surface area contributed by atoms with E-state index in [9.17, 15) is 5.11 Å². The van der Waals surface area contributed by atoms with Crippen LogP contribution in [0.15, 0.2) is 12.2 Å². The molecule has 1 aliphatic rings. The predicted molar refractivity (Wildman–Crippen MR) is 42.6 cm³/mol. The minimum Gasteiger partial charge on any atom is -0.396 e. The van der Waals surface area contributed by atoms with E-state index in [1.165, 1.54) is 0 Å². The van der Waals surface area contributed by atoms with E-state index in [0.717, 1.165) is 6.42 Å². The molecule has 56 valence electrons. The molecule has 0 bridgehead atoms. The molecular formula is C7H13BO2. The lowest BCUT2D eigenvalue weighted by molar-refractivity contribution is 0.0808. The number of allylic oxidation sites excluding steroid dienone is 1. The van der Waals surface area contributed by atoms with E-state index in [0.29, 0.717) is 5.82 Å². The van der Waals surface area contributed by atoms with Gasteiger partial charge in [0.15, 0.2) is 0 Å².